The predicted molar refractivity (Wildman–Crippen MR) is 191 cm³/mol. The SMILES string of the molecule is CCOP(=O)(COCCOc1ccc(C[C@H](NC(=O)O[C@H]2CO[C@H]3OCC[C@H]32)[C@H](O)CN(CC(C)C)S(=O)(=O)c2ccc(OC)cc2)cc1)OCC. The molecule has 0 radical (unpaired) electrons. The number of ether oxygens (including phenoxy) is 6. The molecule has 15 nitrogen and oxygen atoms in total. The zero-order chi connectivity index (χ0) is 37.7. The number of sulfonamides is 1. The molecule has 4 rings (SSSR count). The van der Waals surface area contributed by atoms with Gasteiger partial charge in [0, 0.05) is 13.1 Å². The van der Waals surface area contributed by atoms with Gasteiger partial charge in [0.1, 0.15) is 30.6 Å². The van der Waals surface area contributed by atoms with Crippen molar-refractivity contribution in [1.82, 2.24) is 9.62 Å². The number of aliphatic hydroxyl groups is 1. The maximum absolute atomic E-state index is 13.8. The second-order valence-corrected chi connectivity index (χ2v) is 16.8. The maximum Gasteiger partial charge on any atom is 0.407 e. The molecule has 2 aromatic carbocycles. The van der Waals surface area contributed by atoms with Crippen molar-refractivity contribution in [1.29, 1.82) is 0 Å². The molecule has 2 heterocycles. The number of methoxy groups -OCH3 is 1. The van der Waals surface area contributed by atoms with Crippen LogP contribution in [0, 0.1) is 11.8 Å². The summed E-state index contributed by atoms with van der Waals surface area (Å²) in [7, 11) is -5.85. The first-order valence-electron chi connectivity index (χ1n) is 17.6. The van der Waals surface area contributed by atoms with Crippen LogP contribution in [0.3, 0.4) is 0 Å². The van der Waals surface area contributed by atoms with Crippen LogP contribution in [-0.4, -0.2) is 115 Å². The molecule has 2 N–H and O–H groups in total. The lowest BCUT2D eigenvalue weighted by Gasteiger charge is -2.31. The van der Waals surface area contributed by atoms with Crippen LogP contribution in [0.15, 0.2) is 53.4 Å². The zero-order valence-corrected chi connectivity index (χ0v) is 32.2. The highest BCUT2D eigenvalue weighted by atomic mass is 32.2. The molecule has 0 saturated carbocycles. The molecule has 2 fully saturated rings. The summed E-state index contributed by atoms with van der Waals surface area (Å²) in [5.41, 5.74) is 0.740. The summed E-state index contributed by atoms with van der Waals surface area (Å²) in [4.78, 5) is 13.3. The van der Waals surface area contributed by atoms with Gasteiger partial charge in [0.25, 0.3) is 0 Å². The lowest BCUT2D eigenvalue weighted by atomic mass is 10.0. The van der Waals surface area contributed by atoms with Gasteiger partial charge in [-0.15, -0.1) is 0 Å². The third-order valence-electron chi connectivity index (χ3n) is 8.44. The van der Waals surface area contributed by atoms with Crippen molar-refractivity contribution in [3.05, 3.63) is 54.1 Å². The standard InChI is InChI=1S/C35H53N2O13PS/c1-6-48-51(40,49-7-2)24-44-18-19-45-28-10-8-26(9-11-28)20-31(36-35(39)50-33-23-47-34-30(33)16-17-46-34)32(38)22-37(21-25(3)4)52(41,42)29-14-12-27(43-5)13-15-29/h8-15,25,30-34,38H,6-7,16-24H2,1-5H3,(H,36,39)/t30-,31-,32+,33-,34+/m0/s1. The smallest absolute Gasteiger partial charge is 0.407 e. The molecule has 17 heteroatoms. The molecule has 2 saturated heterocycles. The number of aliphatic hydroxyl groups excluding tert-OH is 1. The fraction of sp³-hybridized carbons (Fsp3) is 0.629. The third kappa shape index (κ3) is 12.1. The molecule has 0 aliphatic carbocycles. The minimum absolute atomic E-state index is 0.0539. The normalized spacial score (nSPS) is 20.1. The fourth-order valence-corrected chi connectivity index (χ4v) is 8.92. The summed E-state index contributed by atoms with van der Waals surface area (Å²) < 4.78 is 85.1. The van der Waals surface area contributed by atoms with Gasteiger partial charge in [0.2, 0.25) is 10.0 Å². The van der Waals surface area contributed by atoms with Gasteiger partial charge in [-0.05, 0) is 74.6 Å². The number of carbonyl (C=O) groups is 1. The van der Waals surface area contributed by atoms with Crippen molar-refractivity contribution in [2.24, 2.45) is 11.8 Å². The second kappa shape index (κ2) is 20.0. The molecular weight excluding hydrogens is 719 g/mol. The lowest BCUT2D eigenvalue weighted by Crippen LogP contribution is -2.51. The first-order valence-corrected chi connectivity index (χ1v) is 20.7. The Bertz CT molecular complexity index is 1530. The monoisotopic (exact) mass is 772 g/mol. The minimum atomic E-state index is -4.03. The molecule has 2 aliphatic heterocycles. The Morgan fingerprint density at radius 1 is 1.00 bits per heavy atom. The van der Waals surface area contributed by atoms with Gasteiger partial charge in [-0.3, -0.25) is 4.57 Å². The summed E-state index contributed by atoms with van der Waals surface area (Å²) in [6, 6.07) is 12.1. The molecule has 5 atom stereocenters. The van der Waals surface area contributed by atoms with Gasteiger partial charge in [0.05, 0.1) is 63.1 Å². The van der Waals surface area contributed by atoms with Crippen LogP contribution in [0.4, 0.5) is 4.79 Å². The molecule has 292 valence electrons. The number of hydrogen-bond acceptors (Lipinski definition) is 13. The summed E-state index contributed by atoms with van der Waals surface area (Å²) in [5.74, 6) is 0.911. The average Bonchev–Trinajstić information content (AvgIpc) is 3.73. The van der Waals surface area contributed by atoms with E-state index in [-0.39, 0.29) is 75.6 Å². The Morgan fingerprint density at radius 2 is 1.67 bits per heavy atom. The number of carbonyl (C=O) groups excluding carboxylic acids is 1. The van der Waals surface area contributed by atoms with Crippen LogP contribution in [0.2, 0.25) is 0 Å². The van der Waals surface area contributed by atoms with Crippen LogP contribution in [0.1, 0.15) is 39.7 Å². The Labute approximate surface area is 306 Å². The van der Waals surface area contributed by atoms with E-state index >= 15 is 0 Å². The molecule has 0 aromatic heterocycles. The third-order valence-corrected chi connectivity index (χ3v) is 12.1. The number of nitrogens with one attached hydrogen (secondary N) is 1. The largest absolute Gasteiger partial charge is 0.497 e. The number of fused-ring (bicyclic) bond motifs is 1. The maximum atomic E-state index is 13.8. The number of rotatable bonds is 22. The van der Waals surface area contributed by atoms with Crippen LogP contribution in [0.25, 0.3) is 0 Å². The Kier molecular flexibility index (Phi) is 16.2. The van der Waals surface area contributed by atoms with E-state index in [9.17, 15) is 22.9 Å². The molecule has 2 aromatic rings. The highest BCUT2D eigenvalue weighted by Crippen LogP contribution is 2.47. The van der Waals surface area contributed by atoms with Gasteiger partial charge in [-0.25, -0.2) is 13.2 Å². The number of benzene rings is 2. The predicted octanol–water partition coefficient (Wildman–Crippen LogP) is 4.42. The number of amides is 1. The van der Waals surface area contributed by atoms with E-state index in [0.717, 1.165) is 5.56 Å². The topological polar surface area (TPSA) is 178 Å². The van der Waals surface area contributed by atoms with Gasteiger partial charge < -0.3 is 47.9 Å². The van der Waals surface area contributed by atoms with Gasteiger partial charge >= 0.3 is 13.7 Å². The molecular formula is C35H53N2O13PS. The zero-order valence-electron chi connectivity index (χ0n) is 30.5. The average molecular weight is 773 g/mol. The van der Waals surface area contributed by atoms with Gasteiger partial charge in [-0.1, -0.05) is 26.0 Å². The van der Waals surface area contributed by atoms with E-state index in [1.807, 2.05) is 13.8 Å². The van der Waals surface area contributed by atoms with Crippen molar-refractivity contribution in [2.45, 2.75) is 70.0 Å². The van der Waals surface area contributed by atoms with E-state index in [1.54, 1.807) is 50.2 Å². The Morgan fingerprint density at radius 3 is 2.31 bits per heavy atom. The second-order valence-electron chi connectivity index (χ2n) is 12.9. The first kappa shape index (κ1) is 42.0. The molecule has 0 unspecified atom stereocenters. The van der Waals surface area contributed by atoms with E-state index in [0.29, 0.717) is 24.5 Å². The molecule has 0 spiro atoms. The summed E-state index contributed by atoms with van der Waals surface area (Å²) in [5, 5.41) is 14.4. The van der Waals surface area contributed by atoms with Gasteiger partial charge in [-0.2, -0.15) is 4.31 Å². The van der Waals surface area contributed by atoms with Crippen LogP contribution >= 0.6 is 7.60 Å². The van der Waals surface area contributed by atoms with Crippen LogP contribution < -0.4 is 14.8 Å². The minimum Gasteiger partial charge on any atom is -0.497 e. The van der Waals surface area contributed by atoms with E-state index < -0.39 is 48.3 Å². The van der Waals surface area contributed by atoms with Crippen LogP contribution in [0.5, 0.6) is 11.5 Å². The van der Waals surface area contributed by atoms with Gasteiger partial charge in [0.15, 0.2) is 6.29 Å². The highest BCUT2D eigenvalue weighted by molar-refractivity contribution is 7.89. The molecule has 1 amide bonds. The van der Waals surface area contributed by atoms with Crippen molar-refractivity contribution >= 4 is 23.7 Å². The first-order chi connectivity index (χ1) is 24.9. The van der Waals surface area contributed by atoms with Crippen molar-refractivity contribution in [3.8, 4) is 11.5 Å². The number of hydrogen-bond donors (Lipinski definition) is 2. The van der Waals surface area contributed by atoms with E-state index in [1.165, 1.54) is 23.5 Å². The van der Waals surface area contributed by atoms with E-state index in [2.05, 4.69) is 5.32 Å². The van der Waals surface area contributed by atoms with E-state index in [4.69, 9.17) is 37.5 Å². The summed E-state index contributed by atoms with van der Waals surface area (Å²) in [6.07, 6.45) is -2.33. The van der Waals surface area contributed by atoms with Crippen molar-refractivity contribution in [3.63, 3.8) is 0 Å². The molecule has 0 bridgehead atoms. The summed E-state index contributed by atoms with van der Waals surface area (Å²) in [6.45, 7) is 8.59. The molecule has 2 aliphatic rings. The fourth-order valence-electron chi connectivity index (χ4n) is 5.94. The molecule has 52 heavy (non-hydrogen) atoms. The lowest BCUT2D eigenvalue weighted by molar-refractivity contribution is -0.0907. The van der Waals surface area contributed by atoms with Crippen LogP contribution in [-0.2, 0) is 49.0 Å². The highest BCUT2D eigenvalue weighted by Gasteiger charge is 2.44. The number of nitrogens with zero attached hydrogens (tertiary/aromatic N) is 1. The Hall–Kier alpha value is -2.79. The van der Waals surface area contributed by atoms with Crippen molar-refractivity contribution < 1.29 is 60.4 Å². The summed E-state index contributed by atoms with van der Waals surface area (Å²) >= 11 is 0. The Balaban J connectivity index is 1.44. The quantitative estimate of drug-likeness (QED) is 0.127. The van der Waals surface area contributed by atoms with Crippen molar-refractivity contribution in [2.75, 3.05) is 66.2 Å². The number of alkyl carbamates (subject to hydrolysis) is 1.